The van der Waals surface area contributed by atoms with E-state index in [1.165, 1.54) is 6.42 Å². The van der Waals surface area contributed by atoms with Gasteiger partial charge >= 0.3 is 0 Å². The Morgan fingerprint density at radius 1 is 1.24 bits per heavy atom. The maximum atomic E-state index is 8.94. The molecule has 1 aliphatic rings. The number of nitrogens with zero attached hydrogens (tertiary/aromatic N) is 2. The molecule has 0 spiro atoms. The van der Waals surface area contributed by atoms with Crippen molar-refractivity contribution in [2.45, 2.75) is 18.9 Å². The van der Waals surface area contributed by atoms with Gasteiger partial charge in [-0.1, -0.05) is 0 Å². The number of nitriles is 2. The topological polar surface area (TPSA) is 71.6 Å². The van der Waals surface area contributed by atoms with E-state index >= 15 is 0 Å². The fourth-order valence-corrected chi connectivity index (χ4v) is 2.03. The Morgan fingerprint density at radius 3 is 2.71 bits per heavy atom. The Labute approximate surface area is 101 Å². The van der Waals surface area contributed by atoms with E-state index in [1.54, 1.807) is 12.1 Å². The molecule has 4 nitrogen and oxygen atoms in total. The molecule has 1 saturated heterocycles. The van der Waals surface area contributed by atoms with Gasteiger partial charge in [-0.25, -0.2) is 0 Å². The predicted octanol–water partition coefficient (Wildman–Crippen LogP) is 1.59. The zero-order chi connectivity index (χ0) is 12.1. The lowest BCUT2D eigenvalue weighted by Crippen LogP contribution is -2.38. The second-order valence-corrected chi connectivity index (χ2v) is 4.17. The fourth-order valence-electron chi connectivity index (χ4n) is 2.03. The highest BCUT2D eigenvalue weighted by Gasteiger charge is 2.13. The maximum absolute atomic E-state index is 8.94. The third-order valence-electron chi connectivity index (χ3n) is 2.93. The van der Waals surface area contributed by atoms with E-state index in [-0.39, 0.29) is 0 Å². The van der Waals surface area contributed by atoms with Crippen LogP contribution in [0.5, 0.6) is 0 Å². The summed E-state index contributed by atoms with van der Waals surface area (Å²) >= 11 is 0. The van der Waals surface area contributed by atoms with Gasteiger partial charge in [0, 0.05) is 18.3 Å². The molecule has 1 aromatic rings. The monoisotopic (exact) mass is 226 g/mol. The van der Waals surface area contributed by atoms with Crippen molar-refractivity contribution in [1.29, 1.82) is 10.5 Å². The van der Waals surface area contributed by atoms with Crippen molar-refractivity contribution in [3.8, 4) is 12.1 Å². The Bertz CT molecular complexity index is 475. The van der Waals surface area contributed by atoms with Crippen LogP contribution in [-0.2, 0) is 0 Å². The van der Waals surface area contributed by atoms with Gasteiger partial charge in [-0.15, -0.1) is 0 Å². The average molecular weight is 226 g/mol. The fraction of sp³-hybridized carbons (Fsp3) is 0.385. The zero-order valence-corrected chi connectivity index (χ0v) is 9.53. The van der Waals surface area contributed by atoms with Crippen molar-refractivity contribution in [2.75, 3.05) is 18.4 Å². The van der Waals surface area contributed by atoms with E-state index in [1.807, 2.05) is 18.2 Å². The van der Waals surface area contributed by atoms with Crippen molar-refractivity contribution >= 4 is 5.69 Å². The average Bonchev–Trinajstić information content (AvgIpc) is 2.40. The molecule has 4 heteroatoms. The second kappa shape index (κ2) is 5.34. The van der Waals surface area contributed by atoms with Gasteiger partial charge in [-0.05, 0) is 37.6 Å². The first-order chi connectivity index (χ1) is 8.33. The van der Waals surface area contributed by atoms with Crippen LogP contribution in [0.3, 0.4) is 0 Å². The first-order valence-corrected chi connectivity index (χ1v) is 5.75. The molecule has 0 amide bonds. The molecule has 2 rings (SSSR count). The molecule has 0 bridgehead atoms. The number of benzene rings is 1. The van der Waals surface area contributed by atoms with E-state index in [2.05, 4.69) is 10.6 Å². The van der Waals surface area contributed by atoms with Gasteiger partial charge in [-0.3, -0.25) is 0 Å². The molecule has 0 radical (unpaired) electrons. The normalized spacial score (nSPS) is 19.1. The van der Waals surface area contributed by atoms with Crippen LogP contribution in [0.25, 0.3) is 0 Å². The van der Waals surface area contributed by atoms with Crippen LogP contribution >= 0.6 is 0 Å². The van der Waals surface area contributed by atoms with E-state index in [4.69, 9.17) is 10.5 Å². The molecule has 17 heavy (non-hydrogen) atoms. The molecule has 0 saturated carbocycles. The van der Waals surface area contributed by atoms with Crippen LogP contribution in [0.2, 0.25) is 0 Å². The number of anilines is 1. The minimum Gasteiger partial charge on any atom is -0.381 e. The van der Waals surface area contributed by atoms with Gasteiger partial charge in [0.25, 0.3) is 0 Å². The molecule has 86 valence electrons. The number of piperidine rings is 1. The van der Waals surface area contributed by atoms with E-state index in [0.29, 0.717) is 17.2 Å². The number of rotatable bonds is 2. The maximum Gasteiger partial charge on any atom is 0.101 e. The van der Waals surface area contributed by atoms with Crippen LogP contribution in [0.15, 0.2) is 18.2 Å². The molecule has 1 aromatic carbocycles. The van der Waals surface area contributed by atoms with Gasteiger partial charge in [0.1, 0.15) is 12.1 Å². The van der Waals surface area contributed by atoms with Crippen molar-refractivity contribution in [2.24, 2.45) is 0 Å². The summed E-state index contributed by atoms with van der Waals surface area (Å²) in [5, 5.41) is 24.5. The summed E-state index contributed by atoms with van der Waals surface area (Å²) in [5.41, 5.74) is 1.77. The van der Waals surface area contributed by atoms with Crippen LogP contribution in [0, 0.1) is 22.7 Å². The minimum absolute atomic E-state index is 0.406. The van der Waals surface area contributed by atoms with Gasteiger partial charge in [0.05, 0.1) is 11.1 Å². The molecule has 1 heterocycles. The lowest BCUT2D eigenvalue weighted by molar-refractivity contribution is 0.480. The first-order valence-electron chi connectivity index (χ1n) is 5.75. The van der Waals surface area contributed by atoms with Gasteiger partial charge < -0.3 is 10.6 Å². The third-order valence-corrected chi connectivity index (χ3v) is 2.93. The van der Waals surface area contributed by atoms with Crippen LogP contribution < -0.4 is 10.6 Å². The van der Waals surface area contributed by atoms with Crippen LogP contribution in [0.4, 0.5) is 5.69 Å². The summed E-state index contributed by atoms with van der Waals surface area (Å²) in [6.45, 7) is 2.02. The predicted molar refractivity (Wildman–Crippen MR) is 65.4 cm³/mol. The second-order valence-electron chi connectivity index (χ2n) is 4.17. The Morgan fingerprint density at radius 2 is 2.06 bits per heavy atom. The molecule has 1 unspecified atom stereocenters. The standard InChI is InChI=1S/C13H14N4/c14-7-10-3-4-12(6-11(10)8-15)17-13-2-1-5-16-9-13/h3-4,6,13,16-17H,1-2,5,9H2. The Kier molecular flexibility index (Phi) is 3.59. The molecule has 1 fully saturated rings. The summed E-state index contributed by atoms with van der Waals surface area (Å²) < 4.78 is 0. The van der Waals surface area contributed by atoms with Crippen LogP contribution in [0.1, 0.15) is 24.0 Å². The SMILES string of the molecule is N#Cc1ccc(NC2CCCNC2)cc1C#N. The van der Waals surface area contributed by atoms with Crippen molar-refractivity contribution in [3.05, 3.63) is 29.3 Å². The Balaban J connectivity index is 2.12. The summed E-state index contributed by atoms with van der Waals surface area (Å²) in [7, 11) is 0. The van der Waals surface area contributed by atoms with Gasteiger partial charge in [-0.2, -0.15) is 10.5 Å². The number of hydrogen-bond donors (Lipinski definition) is 2. The Hall–Kier alpha value is -2.04. The molecular formula is C13H14N4. The number of hydrogen-bond acceptors (Lipinski definition) is 4. The zero-order valence-electron chi connectivity index (χ0n) is 9.53. The molecule has 2 N–H and O–H groups in total. The van der Waals surface area contributed by atoms with Crippen LogP contribution in [-0.4, -0.2) is 19.1 Å². The largest absolute Gasteiger partial charge is 0.381 e. The highest BCUT2D eigenvalue weighted by molar-refractivity contribution is 5.56. The third kappa shape index (κ3) is 2.75. The molecular weight excluding hydrogens is 212 g/mol. The molecule has 1 aliphatic heterocycles. The van der Waals surface area contributed by atoms with Gasteiger partial charge in [0.2, 0.25) is 0 Å². The summed E-state index contributed by atoms with van der Waals surface area (Å²) in [6.07, 6.45) is 2.30. The molecule has 0 aromatic heterocycles. The number of nitrogens with one attached hydrogen (secondary N) is 2. The minimum atomic E-state index is 0.406. The molecule has 0 aliphatic carbocycles. The van der Waals surface area contributed by atoms with Crippen molar-refractivity contribution in [3.63, 3.8) is 0 Å². The smallest absolute Gasteiger partial charge is 0.101 e. The highest BCUT2D eigenvalue weighted by Crippen LogP contribution is 2.17. The highest BCUT2D eigenvalue weighted by atomic mass is 15.0. The van der Waals surface area contributed by atoms with Crippen molar-refractivity contribution < 1.29 is 0 Å². The lowest BCUT2D eigenvalue weighted by atomic mass is 10.1. The van der Waals surface area contributed by atoms with E-state index < -0.39 is 0 Å². The summed E-state index contributed by atoms with van der Waals surface area (Å²) in [6, 6.07) is 9.76. The van der Waals surface area contributed by atoms with Crippen molar-refractivity contribution in [1.82, 2.24) is 5.32 Å². The summed E-state index contributed by atoms with van der Waals surface area (Å²) in [4.78, 5) is 0. The van der Waals surface area contributed by atoms with E-state index in [9.17, 15) is 0 Å². The quantitative estimate of drug-likeness (QED) is 0.803. The first kappa shape index (κ1) is 11.4. The lowest BCUT2D eigenvalue weighted by Gasteiger charge is -2.24. The van der Waals surface area contributed by atoms with Gasteiger partial charge in [0.15, 0.2) is 0 Å². The molecule has 1 atom stereocenters. The van der Waals surface area contributed by atoms with E-state index in [0.717, 1.165) is 25.2 Å². The summed E-state index contributed by atoms with van der Waals surface area (Å²) in [5.74, 6) is 0.